The standard InChI is InChI=1S/C20H15NO/c1-13-6-8-15(9-7-13)19-18(12-22)17-11-10-14-4-2-3-5-16(14)20(17)21-19/h2-12,21H,1H3. The number of fused-ring (bicyclic) bond motifs is 3. The lowest BCUT2D eigenvalue weighted by molar-refractivity contribution is 0.112. The van der Waals surface area contributed by atoms with E-state index >= 15 is 0 Å². The van der Waals surface area contributed by atoms with Crippen LogP contribution in [-0.2, 0) is 0 Å². The molecule has 0 unspecified atom stereocenters. The van der Waals surface area contributed by atoms with Gasteiger partial charge in [0, 0.05) is 16.3 Å². The van der Waals surface area contributed by atoms with Crippen LogP contribution in [0, 0.1) is 6.92 Å². The minimum absolute atomic E-state index is 0.726. The summed E-state index contributed by atoms with van der Waals surface area (Å²) in [4.78, 5) is 15.1. The predicted octanol–water partition coefficient (Wildman–Crippen LogP) is 5.11. The quantitative estimate of drug-likeness (QED) is 0.510. The van der Waals surface area contributed by atoms with Gasteiger partial charge in [-0.05, 0) is 17.9 Å². The molecule has 0 aliphatic rings. The van der Waals surface area contributed by atoms with Crippen molar-refractivity contribution >= 4 is 28.0 Å². The first kappa shape index (κ1) is 12.8. The molecular weight excluding hydrogens is 270 g/mol. The maximum atomic E-state index is 11.7. The number of nitrogens with one attached hydrogen (secondary N) is 1. The molecular formula is C20H15NO. The lowest BCUT2D eigenvalue weighted by atomic mass is 10.0. The minimum atomic E-state index is 0.726. The Morgan fingerprint density at radius 3 is 2.41 bits per heavy atom. The van der Waals surface area contributed by atoms with Crippen LogP contribution in [0.25, 0.3) is 32.9 Å². The second-order valence-corrected chi connectivity index (χ2v) is 5.61. The summed E-state index contributed by atoms with van der Waals surface area (Å²) >= 11 is 0. The highest BCUT2D eigenvalue weighted by Gasteiger charge is 2.14. The highest BCUT2D eigenvalue weighted by molar-refractivity contribution is 6.14. The van der Waals surface area contributed by atoms with E-state index in [-0.39, 0.29) is 0 Å². The number of carbonyl (C=O) groups is 1. The molecule has 0 fully saturated rings. The van der Waals surface area contributed by atoms with Crippen LogP contribution < -0.4 is 0 Å². The Hall–Kier alpha value is -2.87. The molecule has 2 nitrogen and oxygen atoms in total. The van der Waals surface area contributed by atoms with E-state index in [9.17, 15) is 4.79 Å². The van der Waals surface area contributed by atoms with Crippen LogP contribution in [0.2, 0.25) is 0 Å². The molecule has 0 radical (unpaired) electrons. The number of H-pyrrole nitrogens is 1. The number of aryl methyl sites for hydroxylation is 1. The molecule has 2 heteroatoms. The zero-order valence-corrected chi connectivity index (χ0v) is 12.3. The summed E-state index contributed by atoms with van der Waals surface area (Å²) in [5, 5.41) is 3.29. The van der Waals surface area contributed by atoms with Crippen molar-refractivity contribution in [1.29, 1.82) is 0 Å². The fraction of sp³-hybridized carbons (Fsp3) is 0.0500. The van der Waals surface area contributed by atoms with Crippen molar-refractivity contribution < 1.29 is 4.79 Å². The zero-order valence-electron chi connectivity index (χ0n) is 12.3. The number of aromatic amines is 1. The Morgan fingerprint density at radius 1 is 0.864 bits per heavy atom. The smallest absolute Gasteiger partial charge is 0.152 e. The zero-order chi connectivity index (χ0) is 15.1. The summed E-state index contributed by atoms with van der Waals surface area (Å²) in [5.74, 6) is 0. The Bertz CT molecular complexity index is 994. The molecule has 1 heterocycles. The fourth-order valence-corrected chi connectivity index (χ4v) is 3.03. The monoisotopic (exact) mass is 285 g/mol. The molecule has 0 saturated heterocycles. The average molecular weight is 285 g/mol. The van der Waals surface area contributed by atoms with Gasteiger partial charge in [0.2, 0.25) is 0 Å². The summed E-state index contributed by atoms with van der Waals surface area (Å²) in [7, 11) is 0. The predicted molar refractivity (Wildman–Crippen MR) is 91.4 cm³/mol. The number of aldehydes is 1. The number of hydrogen-bond donors (Lipinski definition) is 1. The van der Waals surface area contributed by atoms with Crippen molar-refractivity contribution in [3.8, 4) is 11.3 Å². The third kappa shape index (κ3) is 1.85. The number of hydrogen-bond acceptors (Lipinski definition) is 1. The minimum Gasteiger partial charge on any atom is -0.353 e. The maximum Gasteiger partial charge on any atom is 0.152 e. The van der Waals surface area contributed by atoms with E-state index in [1.807, 2.05) is 18.2 Å². The van der Waals surface area contributed by atoms with E-state index < -0.39 is 0 Å². The fourth-order valence-electron chi connectivity index (χ4n) is 3.03. The van der Waals surface area contributed by atoms with Crippen LogP contribution in [0.1, 0.15) is 15.9 Å². The largest absolute Gasteiger partial charge is 0.353 e. The van der Waals surface area contributed by atoms with Gasteiger partial charge in [-0.3, -0.25) is 4.79 Å². The van der Waals surface area contributed by atoms with Crippen molar-refractivity contribution in [2.24, 2.45) is 0 Å². The lowest BCUT2D eigenvalue weighted by Crippen LogP contribution is -1.84. The first-order valence-electron chi connectivity index (χ1n) is 7.33. The van der Waals surface area contributed by atoms with Crippen molar-refractivity contribution in [2.75, 3.05) is 0 Å². The first-order chi connectivity index (χ1) is 10.8. The van der Waals surface area contributed by atoms with Gasteiger partial charge in [-0.15, -0.1) is 0 Å². The van der Waals surface area contributed by atoms with Crippen molar-refractivity contribution in [3.63, 3.8) is 0 Å². The van der Waals surface area contributed by atoms with Gasteiger partial charge in [0.25, 0.3) is 0 Å². The van der Waals surface area contributed by atoms with Crippen LogP contribution in [0.4, 0.5) is 0 Å². The summed E-state index contributed by atoms with van der Waals surface area (Å²) in [5.41, 5.74) is 4.88. The third-order valence-electron chi connectivity index (χ3n) is 4.20. The van der Waals surface area contributed by atoms with Gasteiger partial charge in [-0.1, -0.05) is 66.2 Å². The summed E-state index contributed by atoms with van der Waals surface area (Å²) in [6, 6.07) is 20.5. The third-order valence-corrected chi connectivity index (χ3v) is 4.20. The Labute approximate surface area is 128 Å². The van der Waals surface area contributed by atoms with E-state index in [1.165, 1.54) is 10.9 Å². The Morgan fingerprint density at radius 2 is 1.64 bits per heavy atom. The number of benzene rings is 3. The van der Waals surface area contributed by atoms with Gasteiger partial charge in [-0.25, -0.2) is 0 Å². The summed E-state index contributed by atoms with van der Waals surface area (Å²) in [6.07, 6.45) is 0.947. The van der Waals surface area contributed by atoms with Crippen LogP contribution in [0.5, 0.6) is 0 Å². The Balaban J connectivity index is 2.08. The highest BCUT2D eigenvalue weighted by Crippen LogP contribution is 2.33. The number of aromatic nitrogens is 1. The highest BCUT2D eigenvalue weighted by atomic mass is 16.1. The van der Waals surface area contributed by atoms with Gasteiger partial charge < -0.3 is 4.98 Å². The molecule has 0 aliphatic heterocycles. The molecule has 106 valence electrons. The van der Waals surface area contributed by atoms with Crippen LogP contribution >= 0.6 is 0 Å². The molecule has 1 N–H and O–H groups in total. The maximum absolute atomic E-state index is 11.7. The topological polar surface area (TPSA) is 32.9 Å². The number of rotatable bonds is 2. The normalized spacial score (nSPS) is 11.1. The van der Waals surface area contributed by atoms with Crippen molar-refractivity contribution in [2.45, 2.75) is 6.92 Å². The molecule has 0 bridgehead atoms. The molecule has 22 heavy (non-hydrogen) atoms. The second-order valence-electron chi connectivity index (χ2n) is 5.61. The van der Waals surface area contributed by atoms with E-state index in [0.29, 0.717) is 0 Å². The molecule has 0 aliphatic carbocycles. The SMILES string of the molecule is Cc1ccc(-c2[nH]c3c(ccc4ccccc43)c2C=O)cc1. The van der Waals surface area contributed by atoms with Gasteiger partial charge in [-0.2, -0.15) is 0 Å². The Kier molecular flexibility index (Phi) is 2.83. The van der Waals surface area contributed by atoms with E-state index in [2.05, 4.69) is 54.4 Å². The van der Waals surface area contributed by atoms with E-state index in [0.717, 1.165) is 39.4 Å². The first-order valence-corrected chi connectivity index (χ1v) is 7.33. The average Bonchev–Trinajstić information content (AvgIpc) is 2.94. The van der Waals surface area contributed by atoms with Gasteiger partial charge >= 0.3 is 0 Å². The molecule has 0 atom stereocenters. The summed E-state index contributed by atoms with van der Waals surface area (Å²) in [6.45, 7) is 2.06. The van der Waals surface area contributed by atoms with Crippen molar-refractivity contribution in [3.05, 3.63) is 71.8 Å². The van der Waals surface area contributed by atoms with Gasteiger partial charge in [0.15, 0.2) is 6.29 Å². The molecule has 4 aromatic rings. The molecule has 3 aromatic carbocycles. The van der Waals surface area contributed by atoms with E-state index in [4.69, 9.17) is 0 Å². The van der Waals surface area contributed by atoms with Crippen molar-refractivity contribution in [1.82, 2.24) is 4.98 Å². The molecule has 0 amide bonds. The van der Waals surface area contributed by atoms with Gasteiger partial charge in [0.1, 0.15) is 0 Å². The number of carbonyl (C=O) groups excluding carboxylic acids is 1. The van der Waals surface area contributed by atoms with Crippen LogP contribution in [-0.4, -0.2) is 11.3 Å². The van der Waals surface area contributed by atoms with E-state index in [1.54, 1.807) is 0 Å². The summed E-state index contributed by atoms with van der Waals surface area (Å²) < 4.78 is 0. The van der Waals surface area contributed by atoms with Crippen LogP contribution in [0.3, 0.4) is 0 Å². The molecule has 0 spiro atoms. The molecule has 4 rings (SSSR count). The molecule has 0 saturated carbocycles. The van der Waals surface area contributed by atoms with Gasteiger partial charge in [0.05, 0.1) is 11.2 Å². The second kappa shape index (κ2) is 4.85. The lowest BCUT2D eigenvalue weighted by Gasteiger charge is -2.00. The molecule has 1 aromatic heterocycles. The van der Waals surface area contributed by atoms with Crippen LogP contribution in [0.15, 0.2) is 60.7 Å².